The summed E-state index contributed by atoms with van der Waals surface area (Å²) in [5.74, 6) is 0. The number of hydrogen-bond donors (Lipinski definition) is 0. The molecule has 1 heteroatoms. The van der Waals surface area contributed by atoms with Gasteiger partial charge in [-0.3, -0.25) is 4.98 Å². The van der Waals surface area contributed by atoms with Crippen molar-refractivity contribution in [2.45, 2.75) is 27.7 Å². The summed E-state index contributed by atoms with van der Waals surface area (Å²) in [5, 5.41) is 1.27. The van der Waals surface area contributed by atoms with Crippen molar-refractivity contribution in [1.29, 1.82) is 0 Å². The largest absolute Gasteiger partial charge is 0.256 e. The fraction of sp³-hybridized carbons (Fsp3) is 0.267. The van der Waals surface area contributed by atoms with Crippen LogP contribution in [0, 0.1) is 20.8 Å². The maximum atomic E-state index is 4.49. The topological polar surface area (TPSA) is 12.9 Å². The molecule has 1 heterocycles. The first-order chi connectivity index (χ1) is 7.66. The summed E-state index contributed by atoms with van der Waals surface area (Å²) >= 11 is 0. The van der Waals surface area contributed by atoms with Crippen LogP contribution < -0.4 is 0 Å². The van der Waals surface area contributed by atoms with Crippen molar-refractivity contribution in [1.82, 2.24) is 4.98 Å². The number of allylic oxidation sites excluding steroid dienone is 1. The number of pyridine rings is 1. The molecule has 0 unspecified atom stereocenters. The summed E-state index contributed by atoms with van der Waals surface area (Å²) in [6.45, 7) is 8.56. The van der Waals surface area contributed by atoms with E-state index in [2.05, 4.69) is 50.9 Å². The van der Waals surface area contributed by atoms with Crippen molar-refractivity contribution in [2.24, 2.45) is 0 Å². The van der Waals surface area contributed by atoms with Crippen molar-refractivity contribution >= 4 is 17.0 Å². The number of hydrogen-bond acceptors (Lipinski definition) is 1. The molecule has 0 saturated carbocycles. The van der Waals surface area contributed by atoms with Gasteiger partial charge in [-0.1, -0.05) is 18.2 Å². The molecule has 16 heavy (non-hydrogen) atoms. The second-order valence-electron chi connectivity index (χ2n) is 4.19. The molecule has 0 spiro atoms. The van der Waals surface area contributed by atoms with E-state index in [0.717, 1.165) is 5.52 Å². The van der Waals surface area contributed by atoms with Gasteiger partial charge in [0.15, 0.2) is 0 Å². The number of aromatic nitrogens is 1. The van der Waals surface area contributed by atoms with E-state index in [9.17, 15) is 0 Å². The third-order valence-corrected chi connectivity index (χ3v) is 3.27. The number of rotatable bonds is 1. The van der Waals surface area contributed by atoms with Crippen molar-refractivity contribution in [2.75, 3.05) is 0 Å². The van der Waals surface area contributed by atoms with E-state index in [4.69, 9.17) is 0 Å². The maximum Gasteiger partial charge on any atom is 0.0739 e. The normalized spacial score (nSPS) is 11.5. The predicted molar refractivity (Wildman–Crippen MR) is 70.7 cm³/mol. The van der Waals surface area contributed by atoms with Gasteiger partial charge in [-0.25, -0.2) is 0 Å². The van der Waals surface area contributed by atoms with Crippen LogP contribution in [0.25, 0.3) is 17.0 Å². The molecule has 0 aliphatic rings. The molecule has 0 aliphatic heterocycles. The Bertz CT molecular complexity index is 565. The fourth-order valence-corrected chi connectivity index (χ4v) is 2.24. The Morgan fingerprint density at radius 2 is 1.81 bits per heavy atom. The zero-order valence-corrected chi connectivity index (χ0v) is 10.3. The van der Waals surface area contributed by atoms with E-state index in [1.165, 1.54) is 27.6 Å². The van der Waals surface area contributed by atoms with Gasteiger partial charge in [0.25, 0.3) is 0 Å². The summed E-state index contributed by atoms with van der Waals surface area (Å²) in [6.07, 6.45) is 6.12. The van der Waals surface area contributed by atoms with Gasteiger partial charge in [0.2, 0.25) is 0 Å². The average molecular weight is 211 g/mol. The summed E-state index contributed by atoms with van der Waals surface area (Å²) in [6, 6.07) is 4.15. The molecule has 0 saturated heterocycles. The van der Waals surface area contributed by atoms with Gasteiger partial charge in [0.1, 0.15) is 0 Å². The summed E-state index contributed by atoms with van der Waals surface area (Å²) in [7, 11) is 0. The molecule has 2 aromatic rings. The monoisotopic (exact) mass is 211 g/mol. The molecule has 0 radical (unpaired) electrons. The van der Waals surface area contributed by atoms with E-state index in [-0.39, 0.29) is 0 Å². The van der Waals surface area contributed by atoms with Crippen LogP contribution in [-0.4, -0.2) is 4.98 Å². The van der Waals surface area contributed by atoms with Crippen LogP contribution in [0.3, 0.4) is 0 Å². The standard InChI is InChI=1S/C15H17N/c1-5-7-13-10(2)11(3)14-8-6-9-16-15(14)12(13)4/h5-9H,1-4H3. The average Bonchev–Trinajstić information content (AvgIpc) is 2.32. The first-order valence-electron chi connectivity index (χ1n) is 5.64. The van der Waals surface area contributed by atoms with Crippen molar-refractivity contribution in [3.05, 3.63) is 46.7 Å². The van der Waals surface area contributed by atoms with Crippen LogP contribution in [0.2, 0.25) is 0 Å². The molecule has 0 atom stereocenters. The SMILES string of the molecule is CC=Cc1c(C)c(C)c2cccnc2c1C. The number of benzene rings is 1. The minimum atomic E-state index is 1.12. The van der Waals surface area contributed by atoms with Crippen molar-refractivity contribution in [3.8, 4) is 0 Å². The molecule has 1 aromatic heterocycles. The smallest absolute Gasteiger partial charge is 0.0739 e. The summed E-state index contributed by atoms with van der Waals surface area (Å²) in [4.78, 5) is 4.49. The molecule has 0 amide bonds. The molecule has 0 aliphatic carbocycles. The van der Waals surface area contributed by atoms with Gasteiger partial charge >= 0.3 is 0 Å². The van der Waals surface area contributed by atoms with E-state index < -0.39 is 0 Å². The van der Waals surface area contributed by atoms with Crippen LogP contribution in [0.15, 0.2) is 24.4 Å². The molecule has 0 N–H and O–H groups in total. The highest BCUT2D eigenvalue weighted by Crippen LogP contribution is 2.28. The van der Waals surface area contributed by atoms with Crippen LogP contribution in [0.4, 0.5) is 0 Å². The highest BCUT2D eigenvalue weighted by atomic mass is 14.6. The Morgan fingerprint density at radius 1 is 1.06 bits per heavy atom. The van der Waals surface area contributed by atoms with Gasteiger partial charge in [-0.05, 0) is 56.0 Å². The van der Waals surface area contributed by atoms with Gasteiger partial charge in [0, 0.05) is 11.6 Å². The first-order valence-corrected chi connectivity index (χ1v) is 5.64. The lowest BCUT2D eigenvalue weighted by Gasteiger charge is -2.13. The minimum Gasteiger partial charge on any atom is -0.256 e. The third kappa shape index (κ3) is 1.53. The lowest BCUT2D eigenvalue weighted by atomic mass is 9.93. The minimum absolute atomic E-state index is 1.12. The molecule has 1 aromatic carbocycles. The zero-order valence-electron chi connectivity index (χ0n) is 10.3. The highest BCUT2D eigenvalue weighted by Gasteiger charge is 2.09. The van der Waals surface area contributed by atoms with Crippen LogP contribution in [0.1, 0.15) is 29.2 Å². The van der Waals surface area contributed by atoms with Crippen molar-refractivity contribution < 1.29 is 0 Å². The van der Waals surface area contributed by atoms with Gasteiger partial charge in [-0.15, -0.1) is 0 Å². The predicted octanol–water partition coefficient (Wildman–Crippen LogP) is 4.19. The summed E-state index contributed by atoms with van der Waals surface area (Å²) < 4.78 is 0. The van der Waals surface area contributed by atoms with Crippen LogP contribution >= 0.6 is 0 Å². The Kier molecular flexibility index (Phi) is 2.78. The Morgan fingerprint density at radius 3 is 2.50 bits per heavy atom. The number of aryl methyl sites for hydroxylation is 2. The fourth-order valence-electron chi connectivity index (χ4n) is 2.24. The molecule has 0 fully saturated rings. The van der Waals surface area contributed by atoms with Crippen LogP contribution in [0.5, 0.6) is 0 Å². The summed E-state index contributed by atoms with van der Waals surface area (Å²) in [5.41, 5.74) is 6.40. The highest BCUT2D eigenvalue weighted by molar-refractivity contribution is 5.89. The lowest BCUT2D eigenvalue weighted by Crippen LogP contribution is -1.95. The molecule has 1 nitrogen and oxygen atoms in total. The maximum absolute atomic E-state index is 4.49. The molecule has 0 bridgehead atoms. The Balaban J connectivity index is 2.94. The third-order valence-electron chi connectivity index (χ3n) is 3.27. The zero-order chi connectivity index (χ0) is 11.7. The van der Waals surface area contributed by atoms with Crippen molar-refractivity contribution in [3.63, 3.8) is 0 Å². The van der Waals surface area contributed by atoms with E-state index in [1.54, 1.807) is 0 Å². The first kappa shape index (κ1) is 10.9. The molecular weight excluding hydrogens is 194 g/mol. The Labute approximate surface area is 96.8 Å². The van der Waals surface area contributed by atoms with E-state index in [1.807, 2.05) is 12.3 Å². The number of nitrogens with zero attached hydrogens (tertiary/aromatic N) is 1. The van der Waals surface area contributed by atoms with Gasteiger partial charge < -0.3 is 0 Å². The molecular formula is C15H17N. The van der Waals surface area contributed by atoms with E-state index >= 15 is 0 Å². The second-order valence-corrected chi connectivity index (χ2v) is 4.19. The lowest BCUT2D eigenvalue weighted by molar-refractivity contribution is 1.28. The van der Waals surface area contributed by atoms with Crippen LogP contribution in [-0.2, 0) is 0 Å². The second kappa shape index (κ2) is 4.09. The van der Waals surface area contributed by atoms with Gasteiger partial charge in [-0.2, -0.15) is 0 Å². The number of fused-ring (bicyclic) bond motifs is 1. The quantitative estimate of drug-likeness (QED) is 0.689. The molecule has 2 rings (SSSR count). The Hall–Kier alpha value is -1.63. The molecule has 82 valence electrons. The van der Waals surface area contributed by atoms with E-state index in [0.29, 0.717) is 0 Å². The van der Waals surface area contributed by atoms with Gasteiger partial charge in [0.05, 0.1) is 5.52 Å².